The summed E-state index contributed by atoms with van der Waals surface area (Å²) < 4.78 is 39.8. The molecule has 0 radical (unpaired) electrons. The molecule has 0 spiro atoms. The predicted molar refractivity (Wildman–Crippen MR) is 81.8 cm³/mol. The van der Waals surface area contributed by atoms with Crippen LogP contribution in [0.25, 0.3) is 0 Å². The van der Waals surface area contributed by atoms with E-state index in [0.29, 0.717) is 5.56 Å². The van der Waals surface area contributed by atoms with Gasteiger partial charge in [-0.25, -0.2) is 0 Å². The van der Waals surface area contributed by atoms with Gasteiger partial charge in [-0.3, -0.25) is 9.59 Å². The van der Waals surface area contributed by atoms with Crippen LogP contribution in [0.1, 0.15) is 43.1 Å². The van der Waals surface area contributed by atoms with E-state index in [1.807, 2.05) is 20.8 Å². The fourth-order valence-corrected chi connectivity index (χ4v) is 3.00. The number of carboxylic acid groups (broad SMARTS) is 1. The summed E-state index contributed by atoms with van der Waals surface area (Å²) in [6, 6.07) is 6.74. The Bertz CT molecular complexity index is 664. The molecule has 132 valence electrons. The van der Waals surface area contributed by atoms with Crippen LogP contribution in [0, 0.1) is 5.41 Å². The van der Waals surface area contributed by atoms with Crippen LogP contribution in [0.4, 0.5) is 13.2 Å². The summed E-state index contributed by atoms with van der Waals surface area (Å²) in [5, 5.41) is 9.10. The molecule has 0 bridgehead atoms. The molecule has 1 amide bonds. The number of benzene rings is 1. The van der Waals surface area contributed by atoms with Crippen molar-refractivity contribution in [1.29, 1.82) is 0 Å². The molecule has 7 heteroatoms. The van der Waals surface area contributed by atoms with Crippen molar-refractivity contribution in [2.45, 2.75) is 38.8 Å². The van der Waals surface area contributed by atoms with E-state index in [-0.39, 0.29) is 12.0 Å². The van der Waals surface area contributed by atoms with Crippen molar-refractivity contribution in [2.24, 2.45) is 5.41 Å². The first kappa shape index (κ1) is 18.3. The largest absolute Gasteiger partial charge is 0.481 e. The first-order valence-electron chi connectivity index (χ1n) is 7.59. The minimum atomic E-state index is -4.91. The van der Waals surface area contributed by atoms with Crippen molar-refractivity contribution in [3.05, 3.63) is 35.4 Å². The number of alkyl halides is 3. The van der Waals surface area contributed by atoms with Crippen LogP contribution in [-0.2, 0) is 10.2 Å². The predicted octanol–water partition coefficient (Wildman–Crippen LogP) is 3.46. The minimum absolute atomic E-state index is 0.233. The smallest absolute Gasteiger partial charge is 0.406 e. The fourth-order valence-electron chi connectivity index (χ4n) is 3.00. The third kappa shape index (κ3) is 2.99. The Morgan fingerprint density at radius 3 is 2.21 bits per heavy atom. The Kier molecular flexibility index (Phi) is 4.41. The molecule has 1 heterocycles. The summed E-state index contributed by atoms with van der Waals surface area (Å²) in [5.41, 5.74) is -2.22. The van der Waals surface area contributed by atoms with Gasteiger partial charge in [0.25, 0.3) is 5.91 Å². The lowest BCUT2D eigenvalue weighted by molar-refractivity contribution is -0.227. The van der Waals surface area contributed by atoms with Crippen LogP contribution >= 0.6 is 0 Å². The van der Waals surface area contributed by atoms with Crippen molar-refractivity contribution in [2.75, 3.05) is 13.1 Å². The molecule has 0 saturated carbocycles. The molecule has 2 rings (SSSR count). The first-order valence-corrected chi connectivity index (χ1v) is 7.59. The van der Waals surface area contributed by atoms with Gasteiger partial charge >= 0.3 is 12.1 Å². The molecule has 1 aliphatic heterocycles. The molecule has 24 heavy (non-hydrogen) atoms. The van der Waals surface area contributed by atoms with Gasteiger partial charge in [-0.15, -0.1) is 0 Å². The van der Waals surface area contributed by atoms with Crippen molar-refractivity contribution in [3.63, 3.8) is 0 Å². The monoisotopic (exact) mass is 343 g/mol. The number of likely N-dealkylation sites (tertiary alicyclic amines) is 1. The zero-order chi connectivity index (χ0) is 18.3. The van der Waals surface area contributed by atoms with Crippen LogP contribution in [0.3, 0.4) is 0 Å². The molecule has 1 unspecified atom stereocenters. The standard InChI is InChI=1S/C17H20F3NO3/c1-15(2,3)12-7-5-4-6-11(12)13(22)21-9-8-16(10-21,14(23)24)17(18,19)20/h4-7H,8-10H2,1-3H3,(H,23,24). The van der Waals surface area contributed by atoms with E-state index in [2.05, 4.69) is 0 Å². The Labute approximate surface area is 138 Å². The van der Waals surface area contributed by atoms with Crippen LogP contribution in [0.5, 0.6) is 0 Å². The molecule has 0 aromatic heterocycles. The zero-order valence-corrected chi connectivity index (χ0v) is 13.8. The number of carbonyl (C=O) groups excluding carboxylic acids is 1. The third-order valence-corrected chi connectivity index (χ3v) is 4.47. The molecule has 4 nitrogen and oxygen atoms in total. The second kappa shape index (κ2) is 5.79. The van der Waals surface area contributed by atoms with Crippen LogP contribution in [0.2, 0.25) is 0 Å². The van der Waals surface area contributed by atoms with Crippen molar-refractivity contribution < 1.29 is 27.9 Å². The van der Waals surface area contributed by atoms with Crippen molar-refractivity contribution >= 4 is 11.9 Å². The summed E-state index contributed by atoms with van der Waals surface area (Å²) in [5.74, 6) is -2.50. The van der Waals surface area contributed by atoms with Crippen LogP contribution in [0.15, 0.2) is 24.3 Å². The van der Waals surface area contributed by atoms with E-state index in [0.717, 1.165) is 10.5 Å². The van der Waals surface area contributed by atoms with E-state index in [1.54, 1.807) is 24.3 Å². The average Bonchev–Trinajstić information content (AvgIpc) is 2.92. The number of nitrogens with zero attached hydrogens (tertiary/aromatic N) is 1. The fraction of sp³-hybridized carbons (Fsp3) is 0.529. The number of halogens is 3. The quantitative estimate of drug-likeness (QED) is 0.895. The molecule has 1 aliphatic rings. The maximum absolute atomic E-state index is 13.3. The maximum atomic E-state index is 13.3. The number of hydrogen-bond acceptors (Lipinski definition) is 2. The second-order valence-corrected chi connectivity index (χ2v) is 7.16. The number of rotatable bonds is 2. The highest BCUT2D eigenvalue weighted by Crippen LogP contribution is 2.46. The van der Waals surface area contributed by atoms with Gasteiger partial charge in [0.15, 0.2) is 5.41 Å². The molecule has 1 aromatic carbocycles. The summed E-state index contributed by atoms with van der Waals surface area (Å²) in [7, 11) is 0. The molecule has 1 atom stereocenters. The van der Waals surface area contributed by atoms with E-state index >= 15 is 0 Å². The topological polar surface area (TPSA) is 57.6 Å². The average molecular weight is 343 g/mol. The normalized spacial score (nSPS) is 21.8. The number of aliphatic carboxylic acids is 1. The highest BCUT2D eigenvalue weighted by Gasteiger charge is 2.64. The SMILES string of the molecule is CC(C)(C)c1ccccc1C(=O)N1CCC(C(=O)O)(C(F)(F)F)C1. The third-order valence-electron chi connectivity index (χ3n) is 4.47. The zero-order valence-electron chi connectivity index (χ0n) is 13.8. The van der Waals surface area contributed by atoms with E-state index in [1.165, 1.54) is 0 Å². The highest BCUT2D eigenvalue weighted by molar-refractivity contribution is 5.97. The van der Waals surface area contributed by atoms with Crippen molar-refractivity contribution in [1.82, 2.24) is 4.90 Å². The van der Waals surface area contributed by atoms with E-state index in [9.17, 15) is 22.8 Å². The second-order valence-electron chi connectivity index (χ2n) is 7.16. The molecule has 1 aromatic rings. The molecule has 1 saturated heterocycles. The van der Waals surface area contributed by atoms with Crippen LogP contribution in [-0.4, -0.2) is 41.1 Å². The Hall–Kier alpha value is -2.05. The van der Waals surface area contributed by atoms with Crippen molar-refractivity contribution in [3.8, 4) is 0 Å². The Morgan fingerprint density at radius 2 is 1.75 bits per heavy atom. The highest BCUT2D eigenvalue weighted by atomic mass is 19.4. The first-order chi connectivity index (χ1) is 10.9. The van der Waals surface area contributed by atoms with Gasteiger partial charge in [0.1, 0.15) is 0 Å². The number of hydrogen-bond donors (Lipinski definition) is 1. The van der Waals surface area contributed by atoms with Gasteiger partial charge in [-0.2, -0.15) is 13.2 Å². The summed E-state index contributed by atoms with van der Waals surface area (Å²) in [4.78, 5) is 25.0. The van der Waals surface area contributed by atoms with Crippen LogP contribution < -0.4 is 0 Å². The van der Waals surface area contributed by atoms with Gasteiger partial charge in [0, 0.05) is 18.7 Å². The van der Waals surface area contributed by atoms with Gasteiger partial charge < -0.3 is 10.0 Å². The molecule has 1 fully saturated rings. The van der Waals surface area contributed by atoms with Gasteiger partial charge in [-0.05, 0) is 23.5 Å². The van der Waals surface area contributed by atoms with E-state index < -0.39 is 36.4 Å². The molecule has 0 aliphatic carbocycles. The van der Waals surface area contributed by atoms with E-state index in [4.69, 9.17) is 5.11 Å². The molecular weight excluding hydrogens is 323 g/mol. The van der Waals surface area contributed by atoms with Gasteiger partial charge in [0.05, 0.1) is 0 Å². The maximum Gasteiger partial charge on any atom is 0.406 e. The number of amides is 1. The summed E-state index contributed by atoms with van der Waals surface area (Å²) in [6.07, 6.45) is -5.54. The Balaban J connectivity index is 2.36. The summed E-state index contributed by atoms with van der Waals surface area (Å²) in [6.45, 7) is 4.62. The lowest BCUT2D eigenvalue weighted by Crippen LogP contribution is -2.47. The number of carbonyl (C=O) groups is 2. The molecular formula is C17H20F3NO3. The Morgan fingerprint density at radius 1 is 1.17 bits per heavy atom. The lowest BCUT2D eigenvalue weighted by atomic mass is 9.83. The van der Waals surface area contributed by atoms with Gasteiger partial charge in [-0.1, -0.05) is 39.0 Å². The summed E-state index contributed by atoms with van der Waals surface area (Å²) >= 11 is 0. The minimum Gasteiger partial charge on any atom is -0.481 e. The molecule has 1 N–H and O–H groups in total. The lowest BCUT2D eigenvalue weighted by Gasteiger charge is -2.28. The number of carboxylic acids is 1. The van der Waals surface area contributed by atoms with Gasteiger partial charge in [0.2, 0.25) is 0 Å².